The van der Waals surface area contributed by atoms with Crippen LogP contribution >= 0.6 is 11.3 Å². The van der Waals surface area contributed by atoms with Crippen molar-refractivity contribution in [2.24, 2.45) is 5.92 Å². The van der Waals surface area contributed by atoms with E-state index in [4.69, 9.17) is 0 Å². The Morgan fingerprint density at radius 1 is 1.07 bits per heavy atom. The van der Waals surface area contributed by atoms with Crippen LogP contribution in [-0.4, -0.2) is 5.78 Å². The van der Waals surface area contributed by atoms with Crippen molar-refractivity contribution in [3.05, 3.63) is 81.0 Å². The van der Waals surface area contributed by atoms with Crippen molar-refractivity contribution in [3.8, 4) is 11.1 Å². The fourth-order valence-corrected chi connectivity index (χ4v) is 4.69. The summed E-state index contributed by atoms with van der Waals surface area (Å²) in [4.78, 5) is 14.0. The summed E-state index contributed by atoms with van der Waals surface area (Å²) in [5, 5.41) is 2.07. The Morgan fingerprint density at radius 2 is 1.81 bits per heavy atom. The summed E-state index contributed by atoms with van der Waals surface area (Å²) in [5.74, 6) is -0.0603. The fraction of sp³-hybridized carbons (Fsp3) is 0.227. The molecular formula is C22H17F3OS. The molecule has 1 unspecified atom stereocenters. The highest BCUT2D eigenvalue weighted by atomic mass is 32.1. The molecule has 0 fully saturated rings. The number of carbonyl (C=O) groups is 1. The van der Waals surface area contributed by atoms with Gasteiger partial charge in [-0.2, -0.15) is 13.2 Å². The van der Waals surface area contributed by atoms with Crippen LogP contribution < -0.4 is 0 Å². The van der Waals surface area contributed by atoms with E-state index in [0.717, 1.165) is 23.3 Å². The Kier molecular flexibility index (Phi) is 4.42. The summed E-state index contributed by atoms with van der Waals surface area (Å²) in [6.07, 6.45) is -3.14. The molecule has 3 aromatic rings. The van der Waals surface area contributed by atoms with Crippen LogP contribution in [0.5, 0.6) is 0 Å². The van der Waals surface area contributed by atoms with Gasteiger partial charge in [0, 0.05) is 16.4 Å². The average molecular weight is 386 g/mol. The molecule has 0 saturated heterocycles. The zero-order chi connectivity index (χ0) is 19.2. The molecule has 0 radical (unpaired) electrons. The highest BCUT2D eigenvalue weighted by molar-refractivity contribution is 7.10. The van der Waals surface area contributed by atoms with Crippen molar-refractivity contribution in [1.29, 1.82) is 0 Å². The smallest absolute Gasteiger partial charge is 0.294 e. The van der Waals surface area contributed by atoms with E-state index in [1.54, 1.807) is 35.6 Å². The van der Waals surface area contributed by atoms with E-state index in [1.165, 1.54) is 16.5 Å². The van der Waals surface area contributed by atoms with Gasteiger partial charge in [-0.15, -0.1) is 11.3 Å². The highest BCUT2D eigenvalue weighted by Crippen LogP contribution is 2.38. The third kappa shape index (κ3) is 3.44. The highest BCUT2D eigenvalue weighted by Gasteiger charge is 2.34. The summed E-state index contributed by atoms with van der Waals surface area (Å²) in [5.41, 5.74) is 3.23. The lowest BCUT2D eigenvalue weighted by Crippen LogP contribution is -2.11. The molecule has 1 aliphatic carbocycles. The van der Waals surface area contributed by atoms with Crippen molar-refractivity contribution in [3.63, 3.8) is 0 Å². The number of thiophene rings is 1. The topological polar surface area (TPSA) is 17.1 Å². The number of carbonyl (C=O) groups excluding carboxylic acids is 1. The number of hydrogen-bond donors (Lipinski definition) is 0. The number of Topliss-reactive ketones (excluding diaryl/α,β-unsaturated/α-hetero) is 1. The van der Waals surface area contributed by atoms with Crippen LogP contribution in [0.25, 0.3) is 11.1 Å². The number of benzene rings is 2. The van der Waals surface area contributed by atoms with Crippen molar-refractivity contribution < 1.29 is 18.0 Å². The maximum atomic E-state index is 13.1. The Bertz CT molecular complexity index is 1020. The minimum absolute atomic E-state index is 0.0879. The van der Waals surface area contributed by atoms with Crippen LogP contribution in [0.1, 0.15) is 31.9 Å². The zero-order valence-electron chi connectivity index (χ0n) is 14.6. The SMILES string of the molecule is Cc1csc(CC2Cc3c(cccc3-c3cccc(C(F)(F)F)c3)C2=O)c1. The van der Waals surface area contributed by atoms with Crippen molar-refractivity contribution in [1.82, 2.24) is 0 Å². The molecule has 0 N–H and O–H groups in total. The largest absolute Gasteiger partial charge is 0.416 e. The quantitative estimate of drug-likeness (QED) is 0.513. The number of hydrogen-bond acceptors (Lipinski definition) is 2. The van der Waals surface area contributed by atoms with Gasteiger partial charge in [-0.3, -0.25) is 4.79 Å². The average Bonchev–Trinajstić information content (AvgIpc) is 3.18. The second-order valence-electron chi connectivity index (χ2n) is 6.97. The van der Waals surface area contributed by atoms with E-state index in [0.29, 0.717) is 24.0 Å². The minimum atomic E-state index is -4.39. The van der Waals surface area contributed by atoms with Gasteiger partial charge in [-0.05, 0) is 65.6 Å². The third-order valence-corrected chi connectivity index (χ3v) is 6.07. The Labute approximate surface area is 159 Å². The number of fused-ring (bicyclic) bond motifs is 1. The van der Waals surface area contributed by atoms with E-state index in [2.05, 4.69) is 11.4 Å². The molecule has 1 atom stereocenters. The molecule has 2 aromatic carbocycles. The monoisotopic (exact) mass is 386 g/mol. The lowest BCUT2D eigenvalue weighted by molar-refractivity contribution is -0.137. The normalized spacial score (nSPS) is 16.6. The molecule has 138 valence electrons. The third-order valence-electron chi connectivity index (χ3n) is 5.00. The van der Waals surface area contributed by atoms with Gasteiger partial charge < -0.3 is 0 Å². The molecule has 4 rings (SSSR count). The van der Waals surface area contributed by atoms with Gasteiger partial charge in [-0.25, -0.2) is 0 Å². The standard InChI is InChI=1S/C22H17F3OS/c1-13-8-17(27-12-13)10-15-11-20-18(6-3-7-19(20)21(15)26)14-4-2-5-16(9-14)22(23,24)25/h2-9,12,15H,10-11H2,1H3. The van der Waals surface area contributed by atoms with Crippen LogP contribution in [0.3, 0.4) is 0 Å². The Balaban J connectivity index is 1.69. The van der Waals surface area contributed by atoms with Crippen LogP contribution in [0, 0.1) is 12.8 Å². The first kappa shape index (κ1) is 18.0. The van der Waals surface area contributed by atoms with Crippen LogP contribution in [-0.2, 0) is 19.0 Å². The molecule has 5 heteroatoms. The number of halogens is 3. The molecule has 0 spiro atoms. The number of aryl methyl sites for hydroxylation is 1. The number of ketones is 1. The van der Waals surface area contributed by atoms with Gasteiger partial charge in [0.1, 0.15) is 0 Å². The minimum Gasteiger partial charge on any atom is -0.294 e. The van der Waals surface area contributed by atoms with Gasteiger partial charge in [0.05, 0.1) is 5.56 Å². The van der Waals surface area contributed by atoms with Gasteiger partial charge in [-0.1, -0.05) is 30.3 Å². The van der Waals surface area contributed by atoms with E-state index >= 15 is 0 Å². The Hall–Kier alpha value is -2.40. The molecule has 1 aliphatic rings. The van der Waals surface area contributed by atoms with Gasteiger partial charge in [0.15, 0.2) is 5.78 Å². The molecule has 1 nitrogen and oxygen atoms in total. The second-order valence-corrected chi connectivity index (χ2v) is 7.97. The Morgan fingerprint density at radius 3 is 2.52 bits per heavy atom. The lowest BCUT2D eigenvalue weighted by Gasteiger charge is -2.12. The predicted octanol–water partition coefficient (Wildman–Crippen LogP) is 6.34. The van der Waals surface area contributed by atoms with Gasteiger partial charge >= 0.3 is 6.18 Å². The molecule has 1 aromatic heterocycles. The van der Waals surface area contributed by atoms with Crippen LogP contribution in [0.15, 0.2) is 53.9 Å². The van der Waals surface area contributed by atoms with Crippen molar-refractivity contribution in [2.75, 3.05) is 0 Å². The molecule has 0 aliphatic heterocycles. The van der Waals surface area contributed by atoms with E-state index < -0.39 is 11.7 Å². The molecule has 0 saturated carbocycles. The lowest BCUT2D eigenvalue weighted by atomic mass is 9.95. The van der Waals surface area contributed by atoms with E-state index in [-0.39, 0.29) is 11.7 Å². The van der Waals surface area contributed by atoms with Crippen LogP contribution in [0.2, 0.25) is 0 Å². The first-order valence-electron chi connectivity index (χ1n) is 8.70. The zero-order valence-corrected chi connectivity index (χ0v) is 15.5. The van der Waals surface area contributed by atoms with Gasteiger partial charge in [0.2, 0.25) is 0 Å². The van der Waals surface area contributed by atoms with Crippen LogP contribution in [0.4, 0.5) is 13.2 Å². The van der Waals surface area contributed by atoms with Gasteiger partial charge in [0.25, 0.3) is 0 Å². The summed E-state index contributed by atoms with van der Waals surface area (Å²) in [6, 6.07) is 12.8. The molecular weight excluding hydrogens is 369 g/mol. The molecule has 0 amide bonds. The number of alkyl halides is 3. The predicted molar refractivity (Wildman–Crippen MR) is 101 cm³/mol. The van der Waals surface area contributed by atoms with Crippen molar-refractivity contribution >= 4 is 17.1 Å². The fourth-order valence-electron chi connectivity index (χ4n) is 3.74. The number of rotatable bonds is 3. The molecule has 0 bridgehead atoms. The first-order chi connectivity index (χ1) is 12.8. The molecule has 1 heterocycles. The maximum absolute atomic E-state index is 13.1. The molecule has 27 heavy (non-hydrogen) atoms. The maximum Gasteiger partial charge on any atom is 0.416 e. The van der Waals surface area contributed by atoms with E-state index in [1.807, 2.05) is 6.92 Å². The summed E-state index contributed by atoms with van der Waals surface area (Å²) >= 11 is 1.65. The summed E-state index contributed by atoms with van der Waals surface area (Å²) in [6.45, 7) is 2.02. The van der Waals surface area contributed by atoms with Crippen molar-refractivity contribution in [2.45, 2.75) is 25.9 Å². The summed E-state index contributed by atoms with van der Waals surface area (Å²) in [7, 11) is 0. The second kappa shape index (κ2) is 6.64. The summed E-state index contributed by atoms with van der Waals surface area (Å²) < 4.78 is 39.2. The first-order valence-corrected chi connectivity index (χ1v) is 9.58. The van der Waals surface area contributed by atoms with E-state index in [9.17, 15) is 18.0 Å².